The minimum atomic E-state index is -0.683. The highest BCUT2D eigenvalue weighted by molar-refractivity contribution is 6.43. The first-order valence-electron chi connectivity index (χ1n) is 13.8. The number of pyridine rings is 2. The van der Waals surface area contributed by atoms with E-state index < -0.39 is 5.97 Å². The molecule has 0 saturated carbocycles. The molecule has 8 nitrogen and oxygen atoms in total. The van der Waals surface area contributed by atoms with Crippen LogP contribution in [0.5, 0.6) is 17.2 Å². The molecule has 0 aliphatic heterocycles. The molecule has 0 unspecified atom stereocenters. The Kier molecular flexibility index (Phi) is 9.05. The van der Waals surface area contributed by atoms with Crippen molar-refractivity contribution < 1.29 is 23.8 Å². The average Bonchev–Trinajstić information content (AvgIpc) is 3.05. The number of esters is 1. The molecule has 0 N–H and O–H groups in total. The van der Waals surface area contributed by atoms with Gasteiger partial charge in [-0.05, 0) is 84.9 Å². The molecule has 10 heteroatoms. The minimum absolute atomic E-state index is 0.0000620. The molecule has 0 fully saturated rings. The van der Waals surface area contributed by atoms with Crippen LogP contribution in [-0.4, -0.2) is 28.8 Å². The second kappa shape index (κ2) is 13.6. The fourth-order valence-electron chi connectivity index (χ4n) is 4.51. The molecule has 0 saturated heterocycles. The Hall–Kier alpha value is -5.18. The van der Waals surface area contributed by atoms with Crippen molar-refractivity contribution in [3.8, 4) is 17.2 Å². The molecule has 45 heavy (non-hydrogen) atoms. The molecule has 0 spiro atoms. The van der Waals surface area contributed by atoms with Crippen LogP contribution in [0.1, 0.15) is 17.0 Å². The van der Waals surface area contributed by atoms with Gasteiger partial charge in [-0.1, -0.05) is 52.6 Å². The SMILES string of the molecule is CON=C(C(=O)Oc1ccc(OCc2ccc3ccc(Cl)cc3n2)cc1)c1ccc(OCc2ccc3ccc(Cl)cc3n2)cc1. The predicted molar refractivity (Wildman–Crippen MR) is 174 cm³/mol. The van der Waals surface area contributed by atoms with Crippen LogP contribution < -0.4 is 14.2 Å². The van der Waals surface area contributed by atoms with Gasteiger partial charge in [-0.3, -0.25) is 0 Å². The van der Waals surface area contributed by atoms with E-state index in [0.717, 1.165) is 33.2 Å². The van der Waals surface area contributed by atoms with E-state index >= 15 is 0 Å². The second-order valence-corrected chi connectivity index (χ2v) is 10.7. The minimum Gasteiger partial charge on any atom is -0.487 e. The third-order valence-corrected chi connectivity index (χ3v) is 7.21. The molecule has 6 rings (SSSR count). The van der Waals surface area contributed by atoms with E-state index in [2.05, 4.69) is 15.1 Å². The highest BCUT2D eigenvalue weighted by Gasteiger charge is 2.18. The maximum absolute atomic E-state index is 13.0. The fraction of sp³-hybridized carbons (Fsp3) is 0.0857. The summed E-state index contributed by atoms with van der Waals surface area (Å²) in [5, 5.41) is 7.14. The molecule has 0 aliphatic rings. The third-order valence-electron chi connectivity index (χ3n) is 6.74. The van der Waals surface area contributed by atoms with Gasteiger partial charge in [0.25, 0.3) is 0 Å². The normalized spacial score (nSPS) is 11.4. The third kappa shape index (κ3) is 7.49. The fourth-order valence-corrected chi connectivity index (χ4v) is 4.84. The van der Waals surface area contributed by atoms with Crippen molar-refractivity contribution in [1.82, 2.24) is 9.97 Å². The van der Waals surface area contributed by atoms with E-state index in [9.17, 15) is 4.79 Å². The summed E-state index contributed by atoms with van der Waals surface area (Å²) in [6, 6.07) is 32.4. The Bertz CT molecular complexity index is 2020. The number of carbonyl (C=O) groups excluding carboxylic acids is 1. The number of halogens is 2. The number of hydrogen-bond acceptors (Lipinski definition) is 8. The van der Waals surface area contributed by atoms with Crippen LogP contribution in [-0.2, 0) is 22.8 Å². The molecule has 0 radical (unpaired) electrons. The number of carbonyl (C=O) groups is 1. The van der Waals surface area contributed by atoms with Crippen molar-refractivity contribution in [3.63, 3.8) is 0 Å². The van der Waals surface area contributed by atoms with Gasteiger partial charge >= 0.3 is 5.97 Å². The molecule has 0 aliphatic carbocycles. The van der Waals surface area contributed by atoms with Crippen molar-refractivity contribution in [2.24, 2.45) is 5.16 Å². The van der Waals surface area contributed by atoms with Gasteiger partial charge in [-0.15, -0.1) is 0 Å². The zero-order chi connectivity index (χ0) is 31.2. The maximum atomic E-state index is 13.0. The summed E-state index contributed by atoms with van der Waals surface area (Å²) in [5.41, 5.74) is 3.60. The lowest BCUT2D eigenvalue weighted by molar-refractivity contribution is -0.127. The molecule has 224 valence electrons. The van der Waals surface area contributed by atoms with Crippen molar-refractivity contribution in [2.75, 3.05) is 7.11 Å². The number of nitrogens with zero attached hydrogens (tertiary/aromatic N) is 3. The Morgan fingerprint density at radius 2 is 1.11 bits per heavy atom. The first-order chi connectivity index (χ1) is 21.9. The van der Waals surface area contributed by atoms with E-state index in [1.54, 1.807) is 48.5 Å². The quantitative estimate of drug-likeness (QED) is 0.0647. The summed E-state index contributed by atoms with van der Waals surface area (Å²) in [4.78, 5) is 27.2. The van der Waals surface area contributed by atoms with Gasteiger partial charge in [0.05, 0.1) is 22.4 Å². The Morgan fingerprint density at radius 1 is 0.644 bits per heavy atom. The van der Waals surface area contributed by atoms with E-state index in [1.807, 2.05) is 60.7 Å². The van der Waals surface area contributed by atoms with Gasteiger partial charge in [-0.2, -0.15) is 0 Å². The number of aromatic nitrogens is 2. The lowest BCUT2D eigenvalue weighted by atomic mass is 10.1. The Morgan fingerprint density at radius 3 is 1.62 bits per heavy atom. The number of rotatable bonds is 10. The average molecular weight is 639 g/mol. The molecular weight excluding hydrogens is 613 g/mol. The maximum Gasteiger partial charge on any atom is 0.366 e. The Balaban J connectivity index is 1.05. The van der Waals surface area contributed by atoms with Gasteiger partial charge in [0, 0.05) is 26.4 Å². The van der Waals surface area contributed by atoms with E-state index in [-0.39, 0.29) is 18.9 Å². The van der Waals surface area contributed by atoms with E-state index in [4.69, 9.17) is 42.3 Å². The standard InChI is InChI=1S/C35H25Cl2N3O5/c1-42-40-34(24-6-12-29(13-7-24)43-20-27-10-4-22-2-8-25(36)18-32(22)38-27)35(41)45-31-16-14-30(15-17-31)44-21-28-11-5-23-3-9-26(37)19-33(23)39-28/h2-19H,20-21H2,1H3. The first-order valence-corrected chi connectivity index (χ1v) is 14.6. The number of benzene rings is 4. The van der Waals surface area contributed by atoms with E-state index in [0.29, 0.717) is 32.9 Å². The van der Waals surface area contributed by atoms with Crippen LogP contribution in [0.25, 0.3) is 21.8 Å². The zero-order valence-corrected chi connectivity index (χ0v) is 25.5. The monoisotopic (exact) mass is 637 g/mol. The summed E-state index contributed by atoms with van der Waals surface area (Å²) in [5.74, 6) is 0.818. The zero-order valence-electron chi connectivity index (χ0n) is 23.9. The van der Waals surface area contributed by atoms with Crippen molar-refractivity contribution >= 4 is 56.7 Å². The molecule has 2 heterocycles. The summed E-state index contributed by atoms with van der Waals surface area (Å²) >= 11 is 12.2. The van der Waals surface area contributed by atoms with Gasteiger partial charge < -0.3 is 19.0 Å². The van der Waals surface area contributed by atoms with Crippen molar-refractivity contribution in [1.29, 1.82) is 0 Å². The molecule has 6 aromatic rings. The van der Waals surface area contributed by atoms with Gasteiger partial charge in [0.15, 0.2) is 5.71 Å². The van der Waals surface area contributed by atoms with Crippen LogP contribution in [0.2, 0.25) is 10.0 Å². The van der Waals surface area contributed by atoms with Crippen LogP contribution in [0.15, 0.2) is 114 Å². The van der Waals surface area contributed by atoms with Crippen LogP contribution in [0.3, 0.4) is 0 Å². The number of fused-ring (bicyclic) bond motifs is 2. The van der Waals surface area contributed by atoms with Crippen LogP contribution in [0, 0.1) is 0 Å². The molecule has 0 amide bonds. The van der Waals surface area contributed by atoms with Gasteiger partial charge in [0.2, 0.25) is 0 Å². The summed E-state index contributed by atoms with van der Waals surface area (Å²) in [7, 11) is 1.36. The van der Waals surface area contributed by atoms with Crippen LogP contribution >= 0.6 is 23.2 Å². The van der Waals surface area contributed by atoms with Crippen molar-refractivity contribution in [3.05, 3.63) is 136 Å². The molecule has 4 aromatic carbocycles. The summed E-state index contributed by atoms with van der Waals surface area (Å²) in [6.45, 7) is 0.524. The van der Waals surface area contributed by atoms with Crippen molar-refractivity contribution in [2.45, 2.75) is 13.2 Å². The van der Waals surface area contributed by atoms with Crippen LogP contribution in [0.4, 0.5) is 0 Å². The van der Waals surface area contributed by atoms with E-state index in [1.165, 1.54) is 7.11 Å². The molecular formula is C35H25Cl2N3O5. The highest BCUT2D eigenvalue weighted by atomic mass is 35.5. The lowest BCUT2D eigenvalue weighted by Crippen LogP contribution is -2.22. The number of ether oxygens (including phenoxy) is 3. The predicted octanol–water partition coefficient (Wildman–Crippen LogP) is 8.20. The first kappa shape index (κ1) is 29.9. The van der Waals surface area contributed by atoms with Gasteiger partial charge in [-0.25, -0.2) is 14.8 Å². The highest BCUT2D eigenvalue weighted by Crippen LogP contribution is 2.23. The molecule has 2 aromatic heterocycles. The molecule has 0 atom stereocenters. The number of oxime groups is 1. The second-order valence-electron chi connectivity index (χ2n) is 9.86. The summed E-state index contributed by atoms with van der Waals surface area (Å²) in [6.07, 6.45) is 0. The summed E-state index contributed by atoms with van der Waals surface area (Å²) < 4.78 is 17.3. The smallest absolute Gasteiger partial charge is 0.366 e. The topological polar surface area (TPSA) is 92.1 Å². The molecule has 0 bridgehead atoms. The van der Waals surface area contributed by atoms with Gasteiger partial charge in [0.1, 0.15) is 37.6 Å². The lowest BCUT2D eigenvalue weighted by Gasteiger charge is -2.10. The number of hydrogen-bond donors (Lipinski definition) is 0. The Labute approximate surface area is 268 Å². The largest absolute Gasteiger partial charge is 0.487 e.